The molecule has 1 aliphatic rings. The van der Waals surface area contributed by atoms with E-state index in [-0.39, 0.29) is 5.84 Å². The third kappa shape index (κ3) is 2.19. The van der Waals surface area contributed by atoms with Gasteiger partial charge in [0.05, 0.1) is 11.1 Å². The van der Waals surface area contributed by atoms with Gasteiger partial charge in [0.1, 0.15) is 5.84 Å². The second kappa shape index (κ2) is 5.11. The van der Waals surface area contributed by atoms with E-state index in [1.165, 1.54) is 10.4 Å². The van der Waals surface area contributed by atoms with Crippen molar-refractivity contribution in [2.45, 2.75) is 19.4 Å². The van der Waals surface area contributed by atoms with Crippen LogP contribution in [0.1, 0.15) is 29.0 Å². The van der Waals surface area contributed by atoms with Crippen LogP contribution in [0.5, 0.6) is 0 Å². The van der Waals surface area contributed by atoms with Crippen molar-refractivity contribution in [2.24, 2.45) is 5.73 Å². The Balaban J connectivity index is 1.95. The molecule has 0 bridgehead atoms. The molecular weight excluding hydrogens is 290 g/mol. The van der Waals surface area contributed by atoms with Gasteiger partial charge in [-0.05, 0) is 48.6 Å². The van der Waals surface area contributed by atoms with Crippen molar-refractivity contribution in [1.29, 1.82) is 5.41 Å². The average molecular weight is 306 g/mol. The summed E-state index contributed by atoms with van der Waals surface area (Å²) in [6.45, 7) is 3.21. The molecule has 3 rings (SSSR count). The van der Waals surface area contributed by atoms with Gasteiger partial charge in [-0.25, -0.2) is 0 Å². The fraction of sp³-hybridized carbons (Fsp3) is 0.267. The standard InChI is InChI=1S/C15H16ClN3S/c1-9-11-5-7-20-14(11)4-6-19(9)10-2-3-12(15(17)18)13(16)8-10/h2-3,5,7-9H,4,6H2,1H3,(H3,17,18). The SMILES string of the molecule is CC1c2ccsc2CCN1c1ccc(C(=N)N)c(Cl)c1. The summed E-state index contributed by atoms with van der Waals surface area (Å²) in [6, 6.07) is 8.30. The summed E-state index contributed by atoms with van der Waals surface area (Å²) in [5.41, 5.74) is 8.60. The van der Waals surface area contributed by atoms with Gasteiger partial charge in [0, 0.05) is 22.7 Å². The predicted octanol–water partition coefficient (Wildman–Crippen LogP) is 3.81. The Morgan fingerprint density at radius 2 is 2.25 bits per heavy atom. The summed E-state index contributed by atoms with van der Waals surface area (Å²) in [6.07, 6.45) is 1.07. The molecule has 1 aliphatic heterocycles. The lowest BCUT2D eigenvalue weighted by Crippen LogP contribution is -2.33. The highest BCUT2D eigenvalue weighted by Crippen LogP contribution is 2.37. The van der Waals surface area contributed by atoms with Crippen molar-refractivity contribution < 1.29 is 0 Å². The lowest BCUT2D eigenvalue weighted by atomic mass is 10.0. The van der Waals surface area contributed by atoms with E-state index in [9.17, 15) is 0 Å². The van der Waals surface area contributed by atoms with E-state index in [0.717, 1.165) is 18.7 Å². The molecule has 0 radical (unpaired) electrons. The van der Waals surface area contributed by atoms with Gasteiger partial charge < -0.3 is 10.6 Å². The highest BCUT2D eigenvalue weighted by atomic mass is 35.5. The molecule has 3 N–H and O–H groups in total. The largest absolute Gasteiger partial charge is 0.384 e. The first-order valence-corrected chi connectivity index (χ1v) is 7.80. The van der Waals surface area contributed by atoms with Gasteiger partial charge in [-0.15, -0.1) is 11.3 Å². The Morgan fingerprint density at radius 1 is 1.45 bits per heavy atom. The molecule has 20 heavy (non-hydrogen) atoms. The van der Waals surface area contributed by atoms with Crippen molar-refractivity contribution in [3.63, 3.8) is 0 Å². The number of hydrogen-bond donors (Lipinski definition) is 2. The van der Waals surface area contributed by atoms with E-state index in [1.807, 2.05) is 29.5 Å². The lowest BCUT2D eigenvalue weighted by molar-refractivity contribution is 0.633. The van der Waals surface area contributed by atoms with Crippen LogP contribution < -0.4 is 10.6 Å². The van der Waals surface area contributed by atoms with Gasteiger partial charge in [0.25, 0.3) is 0 Å². The molecule has 0 spiro atoms. The Kier molecular flexibility index (Phi) is 3.44. The third-order valence-electron chi connectivity index (χ3n) is 3.85. The molecule has 0 saturated heterocycles. The topological polar surface area (TPSA) is 53.1 Å². The summed E-state index contributed by atoms with van der Waals surface area (Å²) in [5, 5.41) is 10.2. The van der Waals surface area contributed by atoms with Gasteiger partial charge >= 0.3 is 0 Å². The molecule has 1 atom stereocenters. The molecule has 1 aromatic carbocycles. The second-order valence-corrected chi connectivity index (χ2v) is 6.40. The fourth-order valence-electron chi connectivity index (χ4n) is 2.76. The van der Waals surface area contributed by atoms with Crippen molar-refractivity contribution >= 4 is 34.5 Å². The quantitative estimate of drug-likeness (QED) is 0.655. The van der Waals surface area contributed by atoms with Gasteiger partial charge in [-0.3, -0.25) is 5.41 Å². The van der Waals surface area contributed by atoms with Crippen molar-refractivity contribution in [3.8, 4) is 0 Å². The molecule has 0 fully saturated rings. The molecule has 2 heterocycles. The van der Waals surface area contributed by atoms with E-state index in [2.05, 4.69) is 23.3 Å². The first-order valence-electron chi connectivity index (χ1n) is 6.55. The van der Waals surface area contributed by atoms with E-state index in [4.69, 9.17) is 22.7 Å². The van der Waals surface area contributed by atoms with Crippen LogP contribution in [-0.4, -0.2) is 12.4 Å². The number of amidine groups is 1. The first kappa shape index (κ1) is 13.5. The Morgan fingerprint density at radius 3 is 2.95 bits per heavy atom. The molecule has 0 amide bonds. The number of nitrogens with zero attached hydrogens (tertiary/aromatic N) is 1. The van der Waals surface area contributed by atoms with E-state index in [0.29, 0.717) is 16.6 Å². The van der Waals surface area contributed by atoms with Gasteiger partial charge in [-0.1, -0.05) is 11.6 Å². The Hall–Kier alpha value is -1.52. The van der Waals surface area contributed by atoms with Crippen LogP contribution in [0.15, 0.2) is 29.6 Å². The van der Waals surface area contributed by atoms with Crippen LogP contribution in [0.4, 0.5) is 5.69 Å². The number of fused-ring (bicyclic) bond motifs is 1. The van der Waals surface area contributed by atoms with Gasteiger partial charge in [0.15, 0.2) is 0 Å². The first-order chi connectivity index (χ1) is 9.58. The maximum atomic E-state index is 7.49. The van der Waals surface area contributed by atoms with Gasteiger partial charge in [0.2, 0.25) is 0 Å². The van der Waals surface area contributed by atoms with E-state index >= 15 is 0 Å². The van der Waals surface area contributed by atoms with Crippen LogP contribution in [-0.2, 0) is 6.42 Å². The van der Waals surface area contributed by atoms with Crippen LogP contribution in [0.3, 0.4) is 0 Å². The molecule has 0 aliphatic carbocycles. The molecule has 1 unspecified atom stereocenters. The summed E-state index contributed by atoms with van der Waals surface area (Å²) < 4.78 is 0. The number of nitrogen functional groups attached to an aromatic ring is 1. The second-order valence-electron chi connectivity index (χ2n) is 5.00. The highest BCUT2D eigenvalue weighted by molar-refractivity contribution is 7.10. The van der Waals surface area contributed by atoms with Crippen LogP contribution in [0, 0.1) is 5.41 Å². The number of thiophene rings is 1. The van der Waals surface area contributed by atoms with Crippen LogP contribution in [0.25, 0.3) is 0 Å². The molecule has 5 heteroatoms. The van der Waals surface area contributed by atoms with Crippen molar-refractivity contribution in [3.05, 3.63) is 50.7 Å². The number of rotatable bonds is 2. The minimum Gasteiger partial charge on any atom is -0.384 e. The number of nitrogens with one attached hydrogen (secondary N) is 1. The van der Waals surface area contributed by atoms with Crippen molar-refractivity contribution in [1.82, 2.24) is 0 Å². The Bertz CT molecular complexity index is 665. The minimum absolute atomic E-state index is 0.00774. The van der Waals surface area contributed by atoms with Crippen molar-refractivity contribution in [2.75, 3.05) is 11.4 Å². The highest BCUT2D eigenvalue weighted by Gasteiger charge is 2.25. The minimum atomic E-state index is 0.00774. The summed E-state index contributed by atoms with van der Waals surface area (Å²) >= 11 is 8.06. The van der Waals surface area contributed by atoms with Crippen LogP contribution >= 0.6 is 22.9 Å². The smallest absolute Gasteiger partial charge is 0.124 e. The van der Waals surface area contributed by atoms with E-state index in [1.54, 1.807) is 0 Å². The van der Waals surface area contributed by atoms with Gasteiger partial charge in [-0.2, -0.15) is 0 Å². The summed E-state index contributed by atoms with van der Waals surface area (Å²) in [4.78, 5) is 3.84. The maximum absolute atomic E-state index is 7.49. The molecule has 104 valence electrons. The number of hydrogen-bond acceptors (Lipinski definition) is 3. The molecule has 2 aromatic rings. The Labute approximate surface area is 127 Å². The normalized spacial score (nSPS) is 17.9. The third-order valence-corrected chi connectivity index (χ3v) is 5.16. The summed E-state index contributed by atoms with van der Waals surface area (Å²) in [7, 11) is 0. The van der Waals surface area contributed by atoms with E-state index < -0.39 is 0 Å². The zero-order chi connectivity index (χ0) is 14.3. The predicted molar refractivity (Wildman–Crippen MR) is 86.3 cm³/mol. The molecular formula is C15H16ClN3S. The number of benzene rings is 1. The van der Waals surface area contributed by atoms with Crippen LogP contribution in [0.2, 0.25) is 5.02 Å². The average Bonchev–Trinajstić information content (AvgIpc) is 2.87. The maximum Gasteiger partial charge on any atom is 0.124 e. The molecule has 1 aromatic heterocycles. The molecule has 0 saturated carbocycles. The lowest BCUT2D eigenvalue weighted by Gasteiger charge is -2.35. The number of halogens is 1. The fourth-order valence-corrected chi connectivity index (χ4v) is 4.00. The zero-order valence-corrected chi connectivity index (χ0v) is 12.8. The monoisotopic (exact) mass is 305 g/mol. The molecule has 3 nitrogen and oxygen atoms in total. The number of anilines is 1. The number of nitrogens with two attached hydrogens (primary N) is 1. The zero-order valence-electron chi connectivity index (χ0n) is 11.2. The summed E-state index contributed by atoms with van der Waals surface area (Å²) in [5.74, 6) is 0.00774.